The van der Waals surface area contributed by atoms with Crippen LogP contribution in [0.1, 0.15) is 19.3 Å². The van der Waals surface area contributed by atoms with Gasteiger partial charge < -0.3 is 0 Å². The van der Waals surface area contributed by atoms with E-state index in [0.29, 0.717) is 11.2 Å². The van der Waals surface area contributed by atoms with E-state index in [9.17, 15) is 8.42 Å². The smallest absolute Gasteiger partial charge is 0.148 e. The maximum Gasteiger partial charge on any atom is 0.148 e. The van der Waals surface area contributed by atoms with Crippen molar-refractivity contribution in [3.05, 3.63) is 0 Å². The Morgan fingerprint density at radius 2 is 2.07 bits per heavy atom. The molecule has 5 heteroatoms. The second kappa shape index (κ2) is 5.21. The third kappa shape index (κ3) is 4.11. The SMILES string of the molecule is CS(=O)(=O)CCSCC1(CBr)CCC1. The van der Waals surface area contributed by atoms with Gasteiger partial charge in [-0.15, -0.1) is 0 Å². The van der Waals surface area contributed by atoms with E-state index in [1.807, 2.05) is 0 Å². The molecule has 0 bridgehead atoms. The van der Waals surface area contributed by atoms with E-state index in [0.717, 1.165) is 16.8 Å². The highest BCUT2D eigenvalue weighted by Crippen LogP contribution is 2.44. The van der Waals surface area contributed by atoms with Crippen LogP contribution >= 0.6 is 27.7 Å². The first-order chi connectivity index (χ1) is 6.47. The minimum atomic E-state index is -2.77. The van der Waals surface area contributed by atoms with Crippen LogP contribution in [0.25, 0.3) is 0 Å². The van der Waals surface area contributed by atoms with E-state index in [4.69, 9.17) is 0 Å². The molecule has 0 spiro atoms. The van der Waals surface area contributed by atoms with E-state index >= 15 is 0 Å². The maximum absolute atomic E-state index is 10.9. The van der Waals surface area contributed by atoms with Gasteiger partial charge in [-0.05, 0) is 24.0 Å². The van der Waals surface area contributed by atoms with Crippen molar-refractivity contribution < 1.29 is 8.42 Å². The Kier molecular flexibility index (Phi) is 4.78. The van der Waals surface area contributed by atoms with Gasteiger partial charge in [-0.1, -0.05) is 22.4 Å². The monoisotopic (exact) mass is 300 g/mol. The third-order valence-corrected chi connectivity index (χ3v) is 6.41. The molecule has 14 heavy (non-hydrogen) atoms. The molecule has 0 aromatic rings. The van der Waals surface area contributed by atoms with Crippen LogP contribution < -0.4 is 0 Å². The van der Waals surface area contributed by atoms with Crippen molar-refractivity contribution in [1.82, 2.24) is 0 Å². The molecule has 1 aliphatic rings. The number of rotatable bonds is 6. The van der Waals surface area contributed by atoms with Gasteiger partial charge in [0.05, 0.1) is 5.75 Å². The van der Waals surface area contributed by atoms with Gasteiger partial charge in [-0.3, -0.25) is 0 Å². The topological polar surface area (TPSA) is 34.1 Å². The van der Waals surface area contributed by atoms with Gasteiger partial charge in [0.15, 0.2) is 0 Å². The standard InChI is InChI=1S/C9H17BrO2S2/c1-14(11,12)6-5-13-8-9(7-10)3-2-4-9/h2-8H2,1H3. The molecule has 0 atom stereocenters. The predicted molar refractivity (Wildman–Crippen MR) is 67.1 cm³/mol. The maximum atomic E-state index is 10.9. The van der Waals surface area contributed by atoms with Crippen molar-refractivity contribution in [3.63, 3.8) is 0 Å². The van der Waals surface area contributed by atoms with Crippen LogP contribution in [0.5, 0.6) is 0 Å². The summed E-state index contributed by atoms with van der Waals surface area (Å²) < 4.78 is 21.8. The summed E-state index contributed by atoms with van der Waals surface area (Å²) in [7, 11) is -2.77. The van der Waals surface area contributed by atoms with Crippen LogP contribution in [0.15, 0.2) is 0 Å². The molecule has 1 aliphatic carbocycles. The van der Waals surface area contributed by atoms with Crippen molar-refractivity contribution >= 4 is 37.5 Å². The normalized spacial score (nSPS) is 20.4. The lowest BCUT2D eigenvalue weighted by atomic mass is 9.72. The molecule has 0 aromatic carbocycles. The van der Waals surface area contributed by atoms with E-state index < -0.39 is 9.84 Å². The zero-order chi connectivity index (χ0) is 10.7. The molecule has 0 N–H and O–H groups in total. The molecule has 0 unspecified atom stereocenters. The number of halogens is 1. The summed E-state index contributed by atoms with van der Waals surface area (Å²) >= 11 is 5.32. The Morgan fingerprint density at radius 3 is 2.43 bits per heavy atom. The number of thioether (sulfide) groups is 1. The van der Waals surface area contributed by atoms with E-state index in [1.165, 1.54) is 25.5 Å². The number of hydrogen-bond donors (Lipinski definition) is 0. The Morgan fingerprint density at radius 1 is 1.43 bits per heavy atom. The molecule has 1 fully saturated rings. The first kappa shape index (κ1) is 12.8. The van der Waals surface area contributed by atoms with Crippen molar-refractivity contribution in [2.24, 2.45) is 5.41 Å². The fraction of sp³-hybridized carbons (Fsp3) is 1.00. The van der Waals surface area contributed by atoms with Crippen LogP contribution in [-0.2, 0) is 9.84 Å². The van der Waals surface area contributed by atoms with Crippen LogP contribution in [0.2, 0.25) is 0 Å². The number of alkyl halides is 1. The van der Waals surface area contributed by atoms with Gasteiger partial charge in [-0.2, -0.15) is 11.8 Å². The average molecular weight is 301 g/mol. The first-order valence-electron chi connectivity index (χ1n) is 4.79. The van der Waals surface area contributed by atoms with E-state index in [2.05, 4.69) is 15.9 Å². The summed E-state index contributed by atoms with van der Waals surface area (Å²) in [5.41, 5.74) is 0.474. The molecule has 2 nitrogen and oxygen atoms in total. The lowest BCUT2D eigenvalue weighted by molar-refractivity contribution is 0.206. The highest BCUT2D eigenvalue weighted by atomic mass is 79.9. The van der Waals surface area contributed by atoms with Crippen LogP contribution in [0.4, 0.5) is 0 Å². The molecule has 0 saturated heterocycles. The fourth-order valence-corrected chi connectivity index (χ4v) is 5.16. The average Bonchev–Trinajstić information content (AvgIpc) is 2.00. The molecule has 84 valence electrons. The second-order valence-electron chi connectivity index (χ2n) is 4.17. The van der Waals surface area contributed by atoms with Gasteiger partial charge in [0.2, 0.25) is 0 Å². The molecule has 0 radical (unpaired) electrons. The predicted octanol–water partition coefficient (Wildman–Crippen LogP) is 2.33. The highest BCUT2D eigenvalue weighted by Gasteiger charge is 2.35. The summed E-state index contributed by atoms with van der Waals surface area (Å²) in [6, 6.07) is 0. The first-order valence-corrected chi connectivity index (χ1v) is 9.13. The Hall–Kier alpha value is 0.780. The van der Waals surface area contributed by atoms with Crippen LogP contribution in [-0.4, -0.2) is 37.3 Å². The van der Waals surface area contributed by atoms with Crippen LogP contribution in [0.3, 0.4) is 0 Å². The van der Waals surface area contributed by atoms with E-state index in [1.54, 1.807) is 11.8 Å². The summed E-state index contributed by atoms with van der Waals surface area (Å²) in [5.74, 6) is 2.16. The summed E-state index contributed by atoms with van der Waals surface area (Å²) in [6.07, 6.45) is 5.23. The molecule has 1 rings (SSSR count). The third-order valence-electron chi connectivity index (χ3n) is 2.70. The lowest BCUT2D eigenvalue weighted by Crippen LogP contribution is -2.33. The van der Waals surface area contributed by atoms with Crippen molar-refractivity contribution in [3.8, 4) is 0 Å². The lowest BCUT2D eigenvalue weighted by Gasteiger charge is -2.40. The quantitative estimate of drug-likeness (QED) is 0.558. The molecule has 0 amide bonds. The van der Waals surface area contributed by atoms with E-state index in [-0.39, 0.29) is 0 Å². The van der Waals surface area contributed by atoms with Crippen molar-refractivity contribution in [2.45, 2.75) is 19.3 Å². The largest absolute Gasteiger partial charge is 0.229 e. The second-order valence-corrected chi connectivity index (χ2v) is 8.10. The molecular formula is C9H17BrO2S2. The summed E-state index contributed by atoms with van der Waals surface area (Å²) in [6.45, 7) is 0. The zero-order valence-corrected chi connectivity index (χ0v) is 11.7. The molecule has 0 aromatic heterocycles. The van der Waals surface area contributed by atoms with Gasteiger partial charge in [0.25, 0.3) is 0 Å². The fourth-order valence-electron chi connectivity index (χ4n) is 1.49. The Bertz CT molecular complexity index is 265. The Labute approximate surface area is 99.3 Å². The van der Waals surface area contributed by atoms with Gasteiger partial charge in [-0.25, -0.2) is 8.42 Å². The van der Waals surface area contributed by atoms with Crippen molar-refractivity contribution in [2.75, 3.05) is 28.8 Å². The van der Waals surface area contributed by atoms with Gasteiger partial charge >= 0.3 is 0 Å². The Balaban J connectivity index is 2.15. The zero-order valence-electron chi connectivity index (χ0n) is 8.46. The molecular weight excluding hydrogens is 284 g/mol. The number of sulfone groups is 1. The molecule has 0 aliphatic heterocycles. The molecule has 0 heterocycles. The molecule has 1 saturated carbocycles. The van der Waals surface area contributed by atoms with Crippen LogP contribution in [0, 0.1) is 5.41 Å². The highest BCUT2D eigenvalue weighted by molar-refractivity contribution is 9.09. The van der Waals surface area contributed by atoms with Gasteiger partial charge in [0, 0.05) is 17.3 Å². The number of hydrogen-bond acceptors (Lipinski definition) is 3. The summed E-state index contributed by atoms with van der Waals surface area (Å²) in [4.78, 5) is 0. The minimum absolute atomic E-state index is 0.316. The van der Waals surface area contributed by atoms with Crippen molar-refractivity contribution in [1.29, 1.82) is 0 Å². The van der Waals surface area contributed by atoms with Gasteiger partial charge in [0.1, 0.15) is 9.84 Å². The summed E-state index contributed by atoms with van der Waals surface area (Å²) in [5, 5.41) is 1.06. The minimum Gasteiger partial charge on any atom is -0.229 e.